The number of esters is 1. The van der Waals surface area contributed by atoms with Gasteiger partial charge >= 0.3 is 5.97 Å². The van der Waals surface area contributed by atoms with Crippen LogP contribution in [-0.2, 0) is 19.0 Å². The van der Waals surface area contributed by atoms with Crippen molar-refractivity contribution in [3.8, 4) is 0 Å². The molecule has 0 amide bonds. The minimum atomic E-state index is -0.330. The van der Waals surface area contributed by atoms with Crippen LogP contribution in [0.4, 0.5) is 0 Å². The van der Waals surface area contributed by atoms with Gasteiger partial charge in [0.2, 0.25) is 0 Å². The highest BCUT2D eigenvalue weighted by Gasteiger charge is 2.48. The van der Waals surface area contributed by atoms with Crippen molar-refractivity contribution in [3.63, 3.8) is 0 Å². The molecule has 0 aromatic carbocycles. The van der Waals surface area contributed by atoms with E-state index in [-0.39, 0.29) is 11.8 Å². The molecule has 0 atom stereocenters. The van der Waals surface area contributed by atoms with E-state index in [1.165, 1.54) is 6.08 Å². The quantitative estimate of drug-likeness (QED) is 0.522. The van der Waals surface area contributed by atoms with Crippen molar-refractivity contribution in [1.29, 1.82) is 0 Å². The number of hydrogen-bond donors (Lipinski definition) is 0. The molecule has 2 aliphatic rings. The van der Waals surface area contributed by atoms with Crippen LogP contribution in [0, 0.1) is 5.92 Å². The molecule has 0 aromatic rings. The van der Waals surface area contributed by atoms with Crippen LogP contribution in [0.25, 0.3) is 0 Å². The van der Waals surface area contributed by atoms with E-state index in [2.05, 4.69) is 0 Å². The van der Waals surface area contributed by atoms with Crippen molar-refractivity contribution in [1.82, 2.24) is 0 Å². The Kier molecular flexibility index (Phi) is 3.07. The van der Waals surface area contributed by atoms with Crippen LogP contribution in [0.3, 0.4) is 0 Å². The molecule has 1 aliphatic heterocycles. The van der Waals surface area contributed by atoms with Gasteiger partial charge in [0.25, 0.3) is 0 Å². The Hall–Kier alpha value is -0.870. The van der Waals surface area contributed by atoms with E-state index < -0.39 is 0 Å². The molecule has 1 saturated carbocycles. The molecule has 1 heterocycles. The SMILES string of the molecule is CCOC(=O)/C=C\C1CC2(C1)OCCO2. The van der Waals surface area contributed by atoms with Crippen molar-refractivity contribution in [2.75, 3.05) is 19.8 Å². The van der Waals surface area contributed by atoms with Gasteiger partial charge in [-0.25, -0.2) is 4.79 Å². The lowest BCUT2D eigenvalue weighted by molar-refractivity contribution is -0.222. The highest BCUT2D eigenvalue weighted by molar-refractivity contribution is 5.81. The molecule has 0 aromatic heterocycles. The second-order valence-electron chi connectivity index (χ2n) is 3.89. The second-order valence-corrected chi connectivity index (χ2v) is 3.89. The Morgan fingerprint density at radius 1 is 1.47 bits per heavy atom. The van der Waals surface area contributed by atoms with Crippen molar-refractivity contribution >= 4 is 5.97 Å². The topological polar surface area (TPSA) is 44.8 Å². The molecular formula is C11H16O4. The highest BCUT2D eigenvalue weighted by atomic mass is 16.7. The van der Waals surface area contributed by atoms with Gasteiger partial charge in [0.05, 0.1) is 19.8 Å². The molecule has 0 bridgehead atoms. The number of hydrogen-bond acceptors (Lipinski definition) is 4. The molecule has 0 N–H and O–H groups in total. The van der Waals surface area contributed by atoms with Gasteiger partial charge in [-0.15, -0.1) is 0 Å². The van der Waals surface area contributed by atoms with Crippen molar-refractivity contribution in [2.45, 2.75) is 25.6 Å². The van der Waals surface area contributed by atoms with Gasteiger partial charge in [-0.05, 0) is 12.8 Å². The fourth-order valence-electron chi connectivity index (χ4n) is 2.01. The zero-order valence-electron chi connectivity index (χ0n) is 8.90. The molecule has 1 spiro atoms. The van der Waals surface area contributed by atoms with Gasteiger partial charge in [0.1, 0.15) is 0 Å². The summed E-state index contributed by atoms with van der Waals surface area (Å²) in [6, 6.07) is 0. The maximum Gasteiger partial charge on any atom is 0.330 e. The molecule has 0 radical (unpaired) electrons. The molecule has 0 unspecified atom stereocenters. The van der Waals surface area contributed by atoms with Crippen LogP contribution >= 0.6 is 0 Å². The van der Waals surface area contributed by atoms with E-state index in [1.54, 1.807) is 6.92 Å². The van der Waals surface area contributed by atoms with Crippen LogP contribution in [0.2, 0.25) is 0 Å². The summed E-state index contributed by atoms with van der Waals surface area (Å²) in [7, 11) is 0. The minimum absolute atomic E-state index is 0.272. The van der Waals surface area contributed by atoms with Gasteiger partial charge in [0, 0.05) is 18.9 Å². The van der Waals surface area contributed by atoms with Crippen LogP contribution in [0.1, 0.15) is 19.8 Å². The van der Waals surface area contributed by atoms with E-state index in [1.807, 2.05) is 6.08 Å². The first kappa shape index (κ1) is 10.6. The summed E-state index contributed by atoms with van der Waals surface area (Å²) in [5, 5.41) is 0. The lowest BCUT2D eigenvalue weighted by Gasteiger charge is -2.41. The Morgan fingerprint density at radius 3 is 2.73 bits per heavy atom. The minimum Gasteiger partial charge on any atom is -0.463 e. The Bertz CT molecular complexity index is 258. The predicted octanol–water partition coefficient (Wildman–Crippen LogP) is 1.26. The average molecular weight is 212 g/mol. The number of allylic oxidation sites excluding steroid dienone is 1. The van der Waals surface area contributed by atoms with Gasteiger partial charge in [-0.3, -0.25) is 0 Å². The third-order valence-electron chi connectivity index (χ3n) is 2.75. The fourth-order valence-corrected chi connectivity index (χ4v) is 2.01. The molecule has 15 heavy (non-hydrogen) atoms. The Labute approximate surface area is 89.2 Å². The van der Waals surface area contributed by atoms with E-state index >= 15 is 0 Å². The molecule has 2 rings (SSSR count). The zero-order valence-corrected chi connectivity index (χ0v) is 8.90. The van der Waals surface area contributed by atoms with Gasteiger partial charge in [-0.1, -0.05) is 6.08 Å². The van der Waals surface area contributed by atoms with E-state index in [0.29, 0.717) is 25.7 Å². The summed E-state index contributed by atoms with van der Waals surface area (Å²) < 4.78 is 15.8. The number of carbonyl (C=O) groups excluding carboxylic acids is 1. The number of carbonyl (C=O) groups is 1. The monoisotopic (exact) mass is 212 g/mol. The largest absolute Gasteiger partial charge is 0.463 e. The van der Waals surface area contributed by atoms with Crippen LogP contribution in [0.15, 0.2) is 12.2 Å². The summed E-state index contributed by atoms with van der Waals surface area (Å²) in [6.07, 6.45) is 5.08. The van der Waals surface area contributed by atoms with Crippen molar-refractivity contribution < 1.29 is 19.0 Å². The third-order valence-corrected chi connectivity index (χ3v) is 2.75. The second kappa shape index (κ2) is 4.33. The van der Waals surface area contributed by atoms with E-state index in [9.17, 15) is 4.79 Å². The summed E-state index contributed by atoms with van der Waals surface area (Å²) in [4.78, 5) is 11.0. The normalized spacial score (nSPS) is 24.6. The molecule has 2 fully saturated rings. The lowest BCUT2D eigenvalue weighted by atomic mass is 9.78. The molecule has 1 saturated heterocycles. The molecule has 1 aliphatic carbocycles. The lowest BCUT2D eigenvalue weighted by Crippen LogP contribution is -2.44. The maximum absolute atomic E-state index is 11.0. The Morgan fingerprint density at radius 2 is 2.13 bits per heavy atom. The summed E-state index contributed by atoms with van der Waals surface area (Å²) in [6.45, 7) is 3.59. The van der Waals surface area contributed by atoms with Crippen LogP contribution in [-0.4, -0.2) is 31.6 Å². The predicted molar refractivity (Wildman–Crippen MR) is 53.1 cm³/mol. The van der Waals surface area contributed by atoms with Crippen molar-refractivity contribution in [3.05, 3.63) is 12.2 Å². The van der Waals surface area contributed by atoms with Gasteiger partial charge in [-0.2, -0.15) is 0 Å². The molecule has 84 valence electrons. The zero-order chi connectivity index (χ0) is 10.7. The van der Waals surface area contributed by atoms with E-state index in [4.69, 9.17) is 14.2 Å². The van der Waals surface area contributed by atoms with Gasteiger partial charge in [0.15, 0.2) is 5.79 Å². The first-order valence-electron chi connectivity index (χ1n) is 5.37. The fraction of sp³-hybridized carbons (Fsp3) is 0.727. The van der Waals surface area contributed by atoms with Crippen LogP contribution in [0.5, 0.6) is 0 Å². The smallest absolute Gasteiger partial charge is 0.330 e. The van der Waals surface area contributed by atoms with Crippen LogP contribution < -0.4 is 0 Å². The Balaban J connectivity index is 1.73. The number of ether oxygens (including phenoxy) is 3. The summed E-state index contributed by atoms with van der Waals surface area (Å²) in [5.74, 6) is -0.219. The number of rotatable bonds is 3. The first-order valence-corrected chi connectivity index (χ1v) is 5.37. The molecule has 4 nitrogen and oxygen atoms in total. The molecule has 4 heteroatoms. The highest BCUT2D eigenvalue weighted by Crippen LogP contribution is 2.44. The van der Waals surface area contributed by atoms with Crippen molar-refractivity contribution in [2.24, 2.45) is 5.92 Å². The average Bonchev–Trinajstić information content (AvgIpc) is 2.62. The van der Waals surface area contributed by atoms with Gasteiger partial charge < -0.3 is 14.2 Å². The third kappa shape index (κ3) is 2.38. The van der Waals surface area contributed by atoms with E-state index in [0.717, 1.165) is 12.8 Å². The first-order chi connectivity index (χ1) is 7.24. The standard InChI is InChI=1S/C11H16O4/c1-2-13-10(12)4-3-9-7-11(8-9)14-5-6-15-11/h3-4,9H,2,5-8H2,1H3/b4-3-. The maximum atomic E-state index is 11.0. The summed E-state index contributed by atoms with van der Waals surface area (Å²) >= 11 is 0. The molecular weight excluding hydrogens is 196 g/mol. The summed E-state index contributed by atoms with van der Waals surface area (Å²) in [5.41, 5.74) is 0.